The second-order valence-corrected chi connectivity index (χ2v) is 3.53. The molecular formula is C11H20N2O. The van der Waals surface area contributed by atoms with Crippen LogP contribution in [0.5, 0.6) is 0 Å². The average Bonchev–Trinajstić information content (AvgIpc) is 2.16. The first-order chi connectivity index (χ1) is 6.70. The number of hydrogen-bond donors (Lipinski definition) is 2. The topological polar surface area (TPSA) is 55.1 Å². The second kappa shape index (κ2) is 8.58. The predicted molar refractivity (Wildman–Crippen MR) is 58.5 cm³/mol. The maximum Gasteiger partial charge on any atom is 0.220 e. The van der Waals surface area contributed by atoms with Crippen LogP contribution in [-0.4, -0.2) is 19.0 Å². The molecule has 14 heavy (non-hydrogen) atoms. The fourth-order valence-electron chi connectivity index (χ4n) is 1.17. The van der Waals surface area contributed by atoms with E-state index in [9.17, 15) is 4.79 Å². The lowest BCUT2D eigenvalue weighted by atomic mass is 10.0. The van der Waals surface area contributed by atoms with E-state index in [-0.39, 0.29) is 5.91 Å². The van der Waals surface area contributed by atoms with Gasteiger partial charge in [0.25, 0.3) is 0 Å². The van der Waals surface area contributed by atoms with Crippen molar-refractivity contribution in [3.05, 3.63) is 0 Å². The molecule has 80 valence electrons. The Balaban J connectivity index is 3.39. The van der Waals surface area contributed by atoms with Crippen molar-refractivity contribution in [2.45, 2.75) is 32.6 Å². The molecule has 0 aliphatic carbocycles. The molecule has 0 radical (unpaired) electrons. The van der Waals surface area contributed by atoms with Gasteiger partial charge in [-0.25, -0.2) is 0 Å². The molecule has 1 atom stereocenters. The van der Waals surface area contributed by atoms with Crippen LogP contribution < -0.4 is 11.1 Å². The Labute approximate surface area is 86.4 Å². The SMILES string of the molecule is C#CCCNC(=O)CCC(C)CCN. The number of carbonyl (C=O) groups excluding carboxylic acids is 1. The predicted octanol–water partition coefficient (Wildman–Crippen LogP) is 0.891. The third kappa shape index (κ3) is 7.63. The molecule has 0 spiro atoms. The van der Waals surface area contributed by atoms with Crippen LogP contribution in [0.25, 0.3) is 0 Å². The highest BCUT2D eigenvalue weighted by molar-refractivity contribution is 5.75. The molecule has 3 nitrogen and oxygen atoms in total. The minimum atomic E-state index is 0.0871. The molecule has 0 bridgehead atoms. The van der Waals surface area contributed by atoms with E-state index in [1.165, 1.54) is 0 Å². The molecule has 0 saturated carbocycles. The minimum Gasteiger partial charge on any atom is -0.355 e. The normalized spacial score (nSPS) is 11.8. The molecule has 0 aromatic heterocycles. The van der Waals surface area contributed by atoms with Crippen LogP contribution in [0.4, 0.5) is 0 Å². The van der Waals surface area contributed by atoms with Crippen molar-refractivity contribution in [3.8, 4) is 12.3 Å². The molecular weight excluding hydrogens is 176 g/mol. The van der Waals surface area contributed by atoms with Crippen molar-refractivity contribution in [3.63, 3.8) is 0 Å². The molecule has 0 rings (SSSR count). The molecule has 0 aromatic rings. The van der Waals surface area contributed by atoms with E-state index in [4.69, 9.17) is 12.2 Å². The molecule has 0 saturated heterocycles. The highest BCUT2D eigenvalue weighted by Crippen LogP contribution is 2.08. The van der Waals surface area contributed by atoms with E-state index in [0.717, 1.165) is 12.8 Å². The molecule has 0 aromatic carbocycles. The van der Waals surface area contributed by atoms with Crippen LogP contribution in [0.15, 0.2) is 0 Å². The number of carbonyl (C=O) groups is 1. The van der Waals surface area contributed by atoms with Gasteiger partial charge in [-0.15, -0.1) is 12.3 Å². The van der Waals surface area contributed by atoms with Gasteiger partial charge in [-0.1, -0.05) is 6.92 Å². The van der Waals surface area contributed by atoms with Crippen LogP contribution in [0.3, 0.4) is 0 Å². The molecule has 0 fully saturated rings. The number of nitrogens with two attached hydrogens (primary N) is 1. The van der Waals surface area contributed by atoms with Gasteiger partial charge in [0, 0.05) is 19.4 Å². The van der Waals surface area contributed by atoms with Crippen LogP contribution in [0.1, 0.15) is 32.6 Å². The fourth-order valence-corrected chi connectivity index (χ4v) is 1.17. The van der Waals surface area contributed by atoms with Gasteiger partial charge in [-0.3, -0.25) is 4.79 Å². The Bertz CT molecular complexity index is 196. The van der Waals surface area contributed by atoms with Gasteiger partial charge in [0.1, 0.15) is 0 Å². The van der Waals surface area contributed by atoms with Gasteiger partial charge in [-0.05, 0) is 25.3 Å². The van der Waals surface area contributed by atoms with Gasteiger partial charge in [-0.2, -0.15) is 0 Å². The zero-order chi connectivity index (χ0) is 10.8. The summed E-state index contributed by atoms with van der Waals surface area (Å²) in [5, 5.41) is 2.77. The van der Waals surface area contributed by atoms with Gasteiger partial charge in [0.15, 0.2) is 0 Å². The van der Waals surface area contributed by atoms with Gasteiger partial charge in [0.05, 0.1) is 0 Å². The van der Waals surface area contributed by atoms with Crippen LogP contribution >= 0.6 is 0 Å². The maximum absolute atomic E-state index is 11.2. The molecule has 3 N–H and O–H groups in total. The summed E-state index contributed by atoms with van der Waals surface area (Å²) in [5.41, 5.74) is 5.41. The summed E-state index contributed by atoms with van der Waals surface area (Å²) in [6.45, 7) is 3.39. The molecule has 1 amide bonds. The summed E-state index contributed by atoms with van der Waals surface area (Å²) in [5.74, 6) is 3.09. The van der Waals surface area contributed by atoms with Crippen molar-refractivity contribution in [2.24, 2.45) is 11.7 Å². The van der Waals surface area contributed by atoms with Crippen molar-refractivity contribution < 1.29 is 4.79 Å². The molecule has 0 aliphatic heterocycles. The quantitative estimate of drug-likeness (QED) is 0.469. The lowest BCUT2D eigenvalue weighted by Gasteiger charge is -2.09. The van der Waals surface area contributed by atoms with Gasteiger partial charge >= 0.3 is 0 Å². The van der Waals surface area contributed by atoms with Crippen molar-refractivity contribution in [1.82, 2.24) is 5.32 Å². The first-order valence-electron chi connectivity index (χ1n) is 5.11. The Morgan fingerprint density at radius 2 is 2.29 bits per heavy atom. The molecule has 3 heteroatoms. The summed E-state index contributed by atoms with van der Waals surface area (Å²) in [6.07, 6.45) is 8.12. The van der Waals surface area contributed by atoms with Crippen molar-refractivity contribution >= 4 is 5.91 Å². The van der Waals surface area contributed by atoms with E-state index in [2.05, 4.69) is 18.2 Å². The summed E-state index contributed by atoms with van der Waals surface area (Å²) >= 11 is 0. The lowest BCUT2D eigenvalue weighted by molar-refractivity contribution is -0.121. The summed E-state index contributed by atoms with van der Waals surface area (Å²) in [7, 11) is 0. The summed E-state index contributed by atoms with van der Waals surface area (Å²) in [4.78, 5) is 11.2. The van der Waals surface area contributed by atoms with E-state index in [1.807, 2.05) is 0 Å². The van der Waals surface area contributed by atoms with Gasteiger partial charge in [0.2, 0.25) is 5.91 Å². The van der Waals surface area contributed by atoms with E-state index >= 15 is 0 Å². The molecule has 1 unspecified atom stereocenters. The number of amides is 1. The highest BCUT2D eigenvalue weighted by atomic mass is 16.1. The summed E-state index contributed by atoms with van der Waals surface area (Å²) in [6, 6.07) is 0. The minimum absolute atomic E-state index is 0.0871. The first kappa shape index (κ1) is 13.0. The molecule has 0 heterocycles. The zero-order valence-electron chi connectivity index (χ0n) is 8.88. The van der Waals surface area contributed by atoms with Crippen LogP contribution in [-0.2, 0) is 4.79 Å². The maximum atomic E-state index is 11.2. The van der Waals surface area contributed by atoms with E-state index in [0.29, 0.717) is 31.8 Å². The fraction of sp³-hybridized carbons (Fsp3) is 0.727. The van der Waals surface area contributed by atoms with Crippen molar-refractivity contribution in [2.75, 3.05) is 13.1 Å². The van der Waals surface area contributed by atoms with Gasteiger partial charge < -0.3 is 11.1 Å². The standard InChI is InChI=1S/C11H20N2O/c1-3-4-9-13-11(14)6-5-10(2)7-8-12/h1,10H,4-9,12H2,2H3,(H,13,14). The third-order valence-electron chi connectivity index (χ3n) is 2.12. The highest BCUT2D eigenvalue weighted by Gasteiger charge is 2.05. The number of rotatable bonds is 7. The Hall–Kier alpha value is -1.01. The monoisotopic (exact) mass is 196 g/mol. The van der Waals surface area contributed by atoms with Crippen LogP contribution in [0.2, 0.25) is 0 Å². The lowest BCUT2D eigenvalue weighted by Crippen LogP contribution is -2.24. The Morgan fingerprint density at radius 3 is 2.86 bits per heavy atom. The largest absolute Gasteiger partial charge is 0.355 e. The van der Waals surface area contributed by atoms with E-state index in [1.54, 1.807) is 0 Å². The average molecular weight is 196 g/mol. The summed E-state index contributed by atoms with van der Waals surface area (Å²) < 4.78 is 0. The smallest absolute Gasteiger partial charge is 0.220 e. The first-order valence-corrected chi connectivity index (χ1v) is 5.11. The molecule has 0 aliphatic rings. The van der Waals surface area contributed by atoms with E-state index < -0.39 is 0 Å². The number of terminal acetylenes is 1. The zero-order valence-corrected chi connectivity index (χ0v) is 8.88. The Kier molecular flexibility index (Phi) is 7.96. The third-order valence-corrected chi connectivity index (χ3v) is 2.12. The van der Waals surface area contributed by atoms with Crippen LogP contribution in [0, 0.1) is 18.3 Å². The number of hydrogen-bond acceptors (Lipinski definition) is 2. The number of nitrogens with one attached hydrogen (secondary N) is 1. The second-order valence-electron chi connectivity index (χ2n) is 3.53. The van der Waals surface area contributed by atoms with Crippen molar-refractivity contribution in [1.29, 1.82) is 0 Å². The Morgan fingerprint density at radius 1 is 1.57 bits per heavy atom.